The topological polar surface area (TPSA) is 38.3 Å². The second kappa shape index (κ2) is 6.65. The number of benzene rings is 1. The number of hydrogen-bond acceptors (Lipinski definition) is 3. The van der Waals surface area contributed by atoms with Crippen LogP contribution in [0.25, 0.3) is 5.57 Å². The number of thiophene rings is 1. The third kappa shape index (κ3) is 3.29. The Bertz CT molecular complexity index is 768. The molecule has 0 saturated heterocycles. The van der Waals surface area contributed by atoms with Crippen molar-refractivity contribution in [1.29, 1.82) is 0 Å². The Hall–Kier alpha value is -2.33. The highest BCUT2D eigenvalue weighted by Gasteiger charge is 2.51. The van der Waals surface area contributed by atoms with Crippen molar-refractivity contribution >= 4 is 22.8 Å². The Morgan fingerprint density at radius 3 is 2.54 bits per heavy atom. The van der Waals surface area contributed by atoms with Crippen LogP contribution >= 0.6 is 11.3 Å². The molecule has 3 rings (SSSR count). The van der Waals surface area contributed by atoms with E-state index >= 15 is 0 Å². The molecule has 2 aromatic rings. The molecule has 4 heteroatoms. The molecule has 0 aliphatic heterocycles. The molecule has 1 amide bonds. The van der Waals surface area contributed by atoms with Gasteiger partial charge >= 0.3 is 0 Å². The van der Waals surface area contributed by atoms with Crippen LogP contribution in [0.1, 0.15) is 30.2 Å². The first kappa shape index (κ1) is 16.5. The predicted octanol–water partition coefficient (Wildman–Crippen LogP) is 4.52. The van der Waals surface area contributed by atoms with E-state index in [0.717, 1.165) is 40.3 Å². The van der Waals surface area contributed by atoms with Crippen molar-refractivity contribution in [2.24, 2.45) is 0 Å². The zero-order valence-corrected chi connectivity index (χ0v) is 14.8. The Balaban J connectivity index is 1.70. The number of nitrogens with one attached hydrogen (secondary N) is 1. The van der Waals surface area contributed by atoms with Gasteiger partial charge in [0, 0.05) is 10.6 Å². The quantitative estimate of drug-likeness (QED) is 0.786. The van der Waals surface area contributed by atoms with E-state index < -0.39 is 5.41 Å². The summed E-state index contributed by atoms with van der Waals surface area (Å²) in [7, 11) is 1.64. The zero-order valence-electron chi connectivity index (χ0n) is 14.0. The van der Waals surface area contributed by atoms with Gasteiger partial charge in [0.2, 0.25) is 5.91 Å². The van der Waals surface area contributed by atoms with Crippen LogP contribution in [0.15, 0.2) is 60.1 Å². The van der Waals surface area contributed by atoms with Crippen LogP contribution < -0.4 is 10.1 Å². The number of carbonyl (C=O) groups excluding carboxylic acids is 1. The van der Waals surface area contributed by atoms with E-state index in [1.165, 1.54) is 0 Å². The van der Waals surface area contributed by atoms with Crippen molar-refractivity contribution in [2.75, 3.05) is 7.11 Å². The molecule has 1 fully saturated rings. The minimum Gasteiger partial charge on any atom is -0.497 e. The SMILES string of the molecule is C=C(/C=C(\C)NC(=O)C1(c2ccc(OC)cc2)CC1)c1cccs1. The lowest BCUT2D eigenvalue weighted by Crippen LogP contribution is -2.33. The molecule has 1 aromatic heterocycles. The van der Waals surface area contributed by atoms with Crippen molar-refractivity contribution in [1.82, 2.24) is 5.32 Å². The van der Waals surface area contributed by atoms with Gasteiger partial charge in [-0.3, -0.25) is 4.79 Å². The lowest BCUT2D eigenvalue weighted by atomic mass is 9.94. The number of amides is 1. The number of rotatable bonds is 6. The largest absolute Gasteiger partial charge is 0.497 e. The number of allylic oxidation sites excluding steroid dienone is 3. The van der Waals surface area contributed by atoms with E-state index in [1.54, 1.807) is 18.4 Å². The average molecular weight is 339 g/mol. The van der Waals surface area contributed by atoms with Crippen LogP contribution in [-0.2, 0) is 10.2 Å². The highest BCUT2D eigenvalue weighted by atomic mass is 32.1. The van der Waals surface area contributed by atoms with E-state index in [4.69, 9.17) is 4.74 Å². The molecule has 3 nitrogen and oxygen atoms in total. The van der Waals surface area contributed by atoms with E-state index in [2.05, 4.69) is 11.9 Å². The number of hydrogen-bond donors (Lipinski definition) is 1. The Morgan fingerprint density at radius 1 is 1.29 bits per heavy atom. The molecular weight excluding hydrogens is 318 g/mol. The Morgan fingerprint density at radius 2 is 2.00 bits per heavy atom. The molecule has 0 atom stereocenters. The summed E-state index contributed by atoms with van der Waals surface area (Å²) in [6, 6.07) is 11.8. The first-order chi connectivity index (χ1) is 11.5. The number of carbonyl (C=O) groups is 1. The number of methoxy groups -OCH3 is 1. The molecule has 24 heavy (non-hydrogen) atoms. The third-order valence-electron chi connectivity index (χ3n) is 4.37. The van der Waals surface area contributed by atoms with E-state index in [9.17, 15) is 4.79 Å². The summed E-state index contributed by atoms with van der Waals surface area (Å²) in [5.41, 5.74) is 2.38. The summed E-state index contributed by atoms with van der Waals surface area (Å²) in [5, 5.41) is 5.06. The van der Waals surface area contributed by atoms with Crippen LogP contribution in [0.4, 0.5) is 0 Å². The van der Waals surface area contributed by atoms with Crippen molar-refractivity contribution < 1.29 is 9.53 Å². The van der Waals surface area contributed by atoms with Crippen molar-refractivity contribution in [3.63, 3.8) is 0 Å². The van der Waals surface area contributed by atoms with Gasteiger partial charge in [0.15, 0.2) is 0 Å². The molecule has 1 heterocycles. The van der Waals surface area contributed by atoms with Crippen LogP contribution in [0.2, 0.25) is 0 Å². The molecule has 1 N–H and O–H groups in total. The monoisotopic (exact) mass is 339 g/mol. The lowest BCUT2D eigenvalue weighted by Gasteiger charge is -2.16. The smallest absolute Gasteiger partial charge is 0.234 e. The van der Waals surface area contributed by atoms with Crippen LogP contribution in [0.5, 0.6) is 5.75 Å². The molecule has 0 spiro atoms. The first-order valence-corrected chi connectivity index (χ1v) is 8.80. The maximum absolute atomic E-state index is 12.8. The van der Waals surface area contributed by atoms with Gasteiger partial charge in [-0.05, 0) is 60.6 Å². The molecule has 1 aliphatic carbocycles. The van der Waals surface area contributed by atoms with Crippen molar-refractivity contribution in [3.8, 4) is 5.75 Å². The second-order valence-electron chi connectivity index (χ2n) is 6.09. The fourth-order valence-electron chi connectivity index (χ4n) is 2.81. The Kier molecular flexibility index (Phi) is 4.58. The molecular formula is C20H21NO2S. The van der Waals surface area contributed by atoms with Crippen LogP contribution in [-0.4, -0.2) is 13.0 Å². The van der Waals surface area contributed by atoms with E-state index in [1.807, 2.05) is 54.8 Å². The number of ether oxygens (including phenoxy) is 1. The van der Waals surface area contributed by atoms with Gasteiger partial charge in [0.05, 0.1) is 12.5 Å². The standard InChI is InChI=1S/C20H21NO2S/c1-14(18-5-4-12-24-18)13-15(2)21-19(22)20(10-11-20)16-6-8-17(23-3)9-7-16/h4-9,12-13H,1,10-11H2,2-3H3,(H,21,22)/b15-13+. The van der Waals surface area contributed by atoms with Gasteiger partial charge in [0.25, 0.3) is 0 Å². The fraction of sp³-hybridized carbons (Fsp3) is 0.250. The van der Waals surface area contributed by atoms with Gasteiger partial charge < -0.3 is 10.1 Å². The maximum Gasteiger partial charge on any atom is 0.234 e. The summed E-state index contributed by atoms with van der Waals surface area (Å²) < 4.78 is 5.19. The zero-order chi connectivity index (χ0) is 17.2. The van der Waals surface area contributed by atoms with Crippen LogP contribution in [0, 0.1) is 0 Å². The minimum atomic E-state index is -0.397. The van der Waals surface area contributed by atoms with Gasteiger partial charge in [-0.1, -0.05) is 24.8 Å². The van der Waals surface area contributed by atoms with Crippen LogP contribution in [0.3, 0.4) is 0 Å². The fourth-order valence-corrected chi connectivity index (χ4v) is 3.48. The summed E-state index contributed by atoms with van der Waals surface area (Å²) >= 11 is 1.64. The van der Waals surface area contributed by atoms with Gasteiger partial charge in [0.1, 0.15) is 5.75 Å². The molecule has 124 valence electrons. The first-order valence-electron chi connectivity index (χ1n) is 7.92. The van der Waals surface area contributed by atoms with Gasteiger partial charge in [-0.2, -0.15) is 0 Å². The van der Waals surface area contributed by atoms with E-state index in [-0.39, 0.29) is 5.91 Å². The normalized spacial score (nSPS) is 15.7. The summed E-state index contributed by atoms with van der Waals surface area (Å²) in [6.07, 6.45) is 3.68. The maximum atomic E-state index is 12.8. The lowest BCUT2D eigenvalue weighted by molar-refractivity contribution is -0.122. The molecule has 1 saturated carbocycles. The van der Waals surface area contributed by atoms with Crippen molar-refractivity contribution in [3.05, 3.63) is 70.6 Å². The molecule has 1 aromatic carbocycles. The highest BCUT2D eigenvalue weighted by molar-refractivity contribution is 7.11. The third-order valence-corrected chi connectivity index (χ3v) is 5.31. The molecule has 0 radical (unpaired) electrons. The molecule has 1 aliphatic rings. The van der Waals surface area contributed by atoms with Gasteiger partial charge in [-0.15, -0.1) is 11.3 Å². The predicted molar refractivity (Wildman–Crippen MR) is 99.2 cm³/mol. The molecule has 0 bridgehead atoms. The van der Waals surface area contributed by atoms with E-state index in [0.29, 0.717) is 0 Å². The summed E-state index contributed by atoms with van der Waals surface area (Å²) in [6.45, 7) is 5.97. The summed E-state index contributed by atoms with van der Waals surface area (Å²) in [4.78, 5) is 13.9. The minimum absolute atomic E-state index is 0.0559. The van der Waals surface area contributed by atoms with Crippen molar-refractivity contribution in [2.45, 2.75) is 25.2 Å². The van der Waals surface area contributed by atoms with Gasteiger partial charge in [-0.25, -0.2) is 0 Å². The summed E-state index contributed by atoms with van der Waals surface area (Å²) in [5.74, 6) is 0.860. The molecule has 0 unspecified atom stereocenters. The average Bonchev–Trinajstić information content (AvgIpc) is 3.21. The highest BCUT2D eigenvalue weighted by Crippen LogP contribution is 2.48. The Labute approximate surface area is 146 Å². The second-order valence-corrected chi connectivity index (χ2v) is 7.04.